The minimum atomic E-state index is -0.104. The zero-order valence-corrected chi connectivity index (χ0v) is 19.1. The number of hydrogen-bond donors (Lipinski definition) is 2. The lowest BCUT2D eigenvalue weighted by Crippen LogP contribution is -2.46. The van der Waals surface area contributed by atoms with Crippen molar-refractivity contribution in [3.63, 3.8) is 0 Å². The van der Waals surface area contributed by atoms with Crippen LogP contribution in [-0.2, 0) is 16.0 Å². The van der Waals surface area contributed by atoms with E-state index in [0.29, 0.717) is 37.0 Å². The number of thiocarbonyl (C=S) groups is 1. The molecule has 1 aromatic heterocycles. The summed E-state index contributed by atoms with van der Waals surface area (Å²) in [5.41, 5.74) is 1.35. The third-order valence-corrected chi connectivity index (χ3v) is 5.63. The fraction of sp³-hybridized carbons (Fsp3) is 0.545. The SMILES string of the molecule is CCOc1ccc2[nH]c(=O)c(CN(CCN3CCOCC3)C(=S)NCCOC)cc2c1. The lowest BCUT2D eigenvalue weighted by atomic mass is 10.1. The van der Waals surface area contributed by atoms with E-state index in [1.165, 1.54) is 0 Å². The molecule has 2 N–H and O–H groups in total. The van der Waals surface area contributed by atoms with Gasteiger partial charge in [-0.05, 0) is 43.4 Å². The molecule has 0 amide bonds. The second-order valence-corrected chi connectivity index (χ2v) is 7.79. The monoisotopic (exact) mass is 448 g/mol. The summed E-state index contributed by atoms with van der Waals surface area (Å²) in [4.78, 5) is 20.1. The van der Waals surface area contributed by atoms with Gasteiger partial charge in [0.1, 0.15) is 5.75 Å². The molecule has 3 rings (SSSR count). The second-order valence-electron chi connectivity index (χ2n) is 7.41. The molecule has 31 heavy (non-hydrogen) atoms. The number of hydrogen-bond acceptors (Lipinski definition) is 6. The molecule has 0 spiro atoms. The maximum absolute atomic E-state index is 12.7. The molecule has 0 radical (unpaired) electrons. The summed E-state index contributed by atoms with van der Waals surface area (Å²) in [6, 6.07) is 7.62. The molecule has 1 aliphatic rings. The Bertz CT molecular complexity index is 914. The minimum absolute atomic E-state index is 0.104. The molecule has 1 saturated heterocycles. The second kappa shape index (κ2) is 12.0. The Hall–Kier alpha value is -2.20. The van der Waals surface area contributed by atoms with E-state index in [2.05, 4.69) is 15.2 Å². The average molecular weight is 449 g/mol. The first kappa shape index (κ1) is 23.5. The van der Waals surface area contributed by atoms with Gasteiger partial charge in [0.2, 0.25) is 0 Å². The van der Waals surface area contributed by atoms with Gasteiger partial charge in [0.05, 0.1) is 33.0 Å². The van der Waals surface area contributed by atoms with Crippen molar-refractivity contribution in [1.29, 1.82) is 0 Å². The summed E-state index contributed by atoms with van der Waals surface area (Å²) in [5, 5.41) is 4.79. The number of methoxy groups -OCH3 is 1. The van der Waals surface area contributed by atoms with E-state index in [1.807, 2.05) is 36.1 Å². The highest BCUT2D eigenvalue weighted by Gasteiger charge is 2.16. The predicted octanol–water partition coefficient (Wildman–Crippen LogP) is 1.58. The van der Waals surface area contributed by atoms with Crippen molar-refractivity contribution in [3.8, 4) is 5.75 Å². The van der Waals surface area contributed by atoms with Crippen molar-refractivity contribution in [3.05, 3.63) is 40.2 Å². The molecule has 0 unspecified atom stereocenters. The van der Waals surface area contributed by atoms with Gasteiger partial charge in [0, 0.05) is 56.3 Å². The molecule has 2 heterocycles. The molecule has 0 bridgehead atoms. The number of rotatable bonds is 10. The van der Waals surface area contributed by atoms with Gasteiger partial charge in [-0.3, -0.25) is 9.69 Å². The number of ether oxygens (including phenoxy) is 3. The van der Waals surface area contributed by atoms with Gasteiger partial charge in [-0.15, -0.1) is 0 Å². The quantitative estimate of drug-likeness (QED) is 0.419. The first-order valence-electron chi connectivity index (χ1n) is 10.7. The van der Waals surface area contributed by atoms with Crippen LogP contribution < -0.4 is 15.6 Å². The minimum Gasteiger partial charge on any atom is -0.494 e. The highest BCUT2D eigenvalue weighted by Crippen LogP contribution is 2.19. The molecule has 8 nitrogen and oxygen atoms in total. The Labute approximate surface area is 188 Å². The maximum atomic E-state index is 12.7. The zero-order valence-electron chi connectivity index (χ0n) is 18.3. The predicted molar refractivity (Wildman–Crippen MR) is 126 cm³/mol. The molecule has 2 aromatic rings. The van der Waals surface area contributed by atoms with Crippen molar-refractivity contribution in [1.82, 2.24) is 20.1 Å². The van der Waals surface area contributed by atoms with Crippen LogP contribution in [0.15, 0.2) is 29.1 Å². The van der Waals surface area contributed by atoms with Crippen LogP contribution in [0.2, 0.25) is 0 Å². The number of nitrogens with one attached hydrogen (secondary N) is 2. The van der Waals surface area contributed by atoms with E-state index in [9.17, 15) is 4.79 Å². The molecule has 0 aliphatic carbocycles. The van der Waals surface area contributed by atoms with Crippen LogP contribution >= 0.6 is 12.2 Å². The Morgan fingerprint density at radius 2 is 2.13 bits per heavy atom. The van der Waals surface area contributed by atoms with Gasteiger partial charge < -0.3 is 29.4 Å². The first-order chi connectivity index (χ1) is 15.1. The molecule has 170 valence electrons. The number of fused-ring (bicyclic) bond motifs is 1. The molecular weight excluding hydrogens is 416 g/mol. The Balaban J connectivity index is 1.77. The van der Waals surface area contributed by atoms with Crippen molar-refractivity contribution in [2.24, 2.45) is 0 Å². The fourth-order valence-corrected chi connectivity index (χ4v) is 3.78. The van der Waals surface area contributed by atoms with E-state index in [1.54, 1.807) is 7.11 Å². The maximum Gasteiger partial charge on any atom is 0.253 e. The summed E-state index contributed by atoms with van der Waals surface area (Å²) >= 11 is 5.63. The van der Waals surface area contributed by atoms with Crippen molar-refractivity contribution >= 4 is 28.2 Å². The number of H-pyrrole nitrogens is 1. The molecule has 9 heteroatoms. The third kappa shape index (κ3) is 6.90. The van der Waals surface area contributed by atoms with Gasteiger partial charge in [-0.25, -0.2) is 0 Å². The van der Waals surface area contributed by atoms with Gasteiger partial charge in [0.25, 0.3) is 5.56 Å². The Kier molecular flexibility index (Phi) is 9.08. The normalized spacial score (nSPS) is 14.5. The van der Waals surface area contributed by atoms with E-state index in [-0.39, 0.29) is 5.56 Å². The standard InChI is InChI=1S/C22H32N4O4S/c1-3-30-19-4-5-20-17(15-19)14-18(21(27)24-20)16-26(22(31)23-6-11-28-2)8-7-25-9-12-29-13-10-25/h4-5,14-15H,3,6-13,16H2,1-2H3,(H,23,31)(H,24,27). The molecule has 1 aliphatic heterocycles. The van der Waals surface area contributed by atoms with Crippen LogP contribution in [0.4, 0.5) is 0 Å². The van der Waals surface area contributed by atoms with Gasteiger partial charge in [0.15, 0.2) is 5.11 Å². The van der Waals surface area contributed by atoms with Crippen LogP contribution in [0.5, 0.6) is 5.75 Å². The van der Waals surface area contributed by atoms with E-state index in [4.69, 9.17) is 26.4 Å². The van der Waals surface area contributed by atoms with E-state index < -0.39 is 0 Å². The molecule has 0 atom stereocenters. The molecule has 1 aromatic carbocycles. The number of aromatic amines is 1. The number of nitrogens with zero attached hydrogens (tertiary/aromatic N) is 2. The summed E-state index contributed by atoms with van der Waals surface area (Å²) in [6.45, 7) is 9.06. The summed E-state index contributed by atoms with van der Waals surface area (Å²) in [7, 11) is 1.66. The average Bonchev–Trinajstić information content (AvgIpc) is 2.78. The van der Waals surface area contributed by atoms with Crippen LogP contribution in [-0.4, -0.2) is 86.2 Å². The largest absolute Gasteiger partial charge is 0.494 e. The smallest absolute Gasteiger partial charge is 0.253 e. The highest BCUT2D eigenvalue weighted by molar-refractivity contribution is 7.80. The van der Waals surface area contributed by atoms with Gasteiger partial charge in [-0.1, -0.05) is 0 Å². The van der Waals surface area contributed by atoms with Crippen molar-refractivity contribution in [2.45, 2.75) is 13.5 Å². The molecule has 1 fully saturated rings. The zero-order chi connectivity index (χ0) is 22.1. The third-order valence-electron chi connectivity index (χ3n) is 5.22. The number of aromatic nitrogens is 1. The lowest BCUT2D eigenvalue weighted by Gasteiger charge is -2.31. The topological polar surface area (TPSA) is 79.1 Å². The van der Waals surface area contributed by atoms with E-state index >= 15 is 0 Å². The lowest BCUT2D eigenvalue weighted by molar-refractivity contribution is 0.0357. The number of morpholine rings is 1. The summed E-state index contributed by atoms with van der Waals surface area (Å²) < 4.78 is 16.2. The molecular formula is C22H32N4O4S. The fourth-order valence-electron chi connectivity index (χ4n) is 3.52. The first-order valence-corrected chi connectivity index (χ1v) is 11.1. The summed E-state index contributed by atoms with van der Waals surface area (Å²) in [5.74, 6) is 0.786. The van der Waals surface area contributed by atoms with Crippen LogP contribution in [0, 0.1) is 0 Å². The van der Waals surface area contributed by atoms with Crippen molar-refractivity contribution in [2.75, 3.05) is 66.3 Å². The summed E-state index contributed by atoms with van der Waals surface area (Å²) in [6.07, 6.45) is 0. The van der Waals surface area contributed by atoms with Crippen molar-refractivity contribution < 1.29 is 14.2 Å². The van der Waals surface area contributed by atoms with Crippen LogP contribution in [0.25, 0.3) is 10.9 Å². The number of pyridine rings is 1. The van der Waals surface area contributed by atoms with Gasteiger partial charge in [-0.2, -0.15) is 0 Å². The Morgan fingerprint density at radius 1 is 1.32 bits per heavy atom. The van der Waals surface area contributed by atoms with E-state index in [0.717, 1.165) is 56.0 Å². The highest BCUT2D eigenvalue weighted by atomic mass is 32.1. The number of benzene rings is 1. The Morgan fingerprint density at radius 3 is 2.87 bits per heavy atom. The van der Waals surface area contributed by atoms with Gasteiger partial charge >= 0.3 is 0 Å². The van der Waals surface area contributed by atoms with Crippen LogP contribution in [0.1, 0.15) is 12.5 Å². The molecule has 0 saturated carbocycles. The van der Waals surface area contributed by atoms with Crippen LogP contribution in [0.3, 0.4) is 0 Å².